The summed E-state index contributed by atoms with van der Waals surface area (Å²) in [5, 5.41) is 0.714. The molecule has 3 aromatic rings. The Labute approximate surface area is 96.6 Å². The molecule has 0 fully saturated rings. The summed E-state index contributed by atoms with van der Waals surface area (Å²) in [6.45, 7) is 0.342. The fourth-order valence-electron chi connectivity index (χ4n) is 1.76. The van der Waals surface area contributed by atoms with E-state index >= 15 is 0 Å². The van der Waals surface area contributed by atoms with E-state index in [1.807, 2.05) is 0 Å². The first-order valence-electron chi connectivity index (χ1n) is 5.24. The monoisotopic (exact) mass is 231 g/mol. The topological polar surface area (TPSA) is 52.3 Å². The first-order chi connectivity index (χ1) is 8.26. The number of hydrogen-bond acceptors (Lipinski definition) is 3. The average Bonchev–Trinajstić information content (AvgIpc) is 2.93. The molecule has 0 saturated carbocycles. The van der Waals surface area contributed by atoms with Gasteiger partial charge in [-0.1, -0.05) is 0 Å². The molecule has 0 radical (unpaired) electrons. The number of fused-ring (bicyclic) bond motifs is 1. The highest BCUT2D eigenvalue weighted by Gasteiger charge is 2.10. The average molecular weight is 231 g/mol. The third kappa shape index (κ3) is 1.72. The highest BCUT2D eigenvalue weighted by atomic mass is 19.1. The van der Waals surface area contributed by atoms with E-state index < -0.39 is 0 Å². The minimum absolute atomic E-state index is 0.285. The number of nitrogens with two attached hydrogens (primary N) is 1. The van der Waals surface area contributed by atoms with Gasteiger partial charge in [-0.25, -0.2) is 4.39 Å². The van der Waals surface area contributed by atoms with E-state index in [-0.39, 0.29) is 5.82 Å². The molecular weight excluding hydrogens is 221 g/mol. The number of benzene rings is 1. The molecule has 86 valence electrons. The molecule has 2 heterocycles. The molecule has 1 aromatic carbocycles. The maximum atomic E-state index is 13.0. The van der Waals surface area contributed by atoms with Crippen molar-refractivity contribution in [2.24, 2.45) is 5.73 Å². The van der Waals surface area contributed by atoms with E-state index in [9.17, 15) is 4.39 Å². The van der Waals surface area contributed by atoms with Gasteiger partial charge in [-0.05, 0) is 36.4 Å². The molecular formula is C13H10FNO2. The summed E-state index contributed by atoms with van der Waals surface area (Å²) in [5.74, 6) is 1.57. The smallest absolute Gasteiger partial charge is 0.170 e. The molecule has 0 aliphatic heterocycles. The fraction of sp³-hybridized carbons (Fsp3) is 0.0769. The predicted molar refractivity (Wildman–Crippen MR) is 61.8 cm³/mol. The van der Waals surface area contributed by atoms with Crippen molar-refractivity contribution in [1.82, 2.24) is 0 Å². The zero-order valence-corrected chi connectivity index (χ0v) is 8.94. The van der Waals surface area contributed by atoms with Crippen LogP contribution in [0.5, 0.6) is 0 Å². The summed E-state index contributed by atoms with van der Waals surface area (Å²) in [5.41, 5.74) is 6.09. The van der Waals surface area contributed by atoms with Gasteiger partial charge in [0.25, 0.3) is 0 Å². The molecule has 2 aromatic heterocycles. The summed E-state index contributed by atoms with van der Waals surface area (Å²) in [6, 6.07) is 9.72. The Morgan fingerprint density at radius 2 is 1.88 bits per heavy atom. The Hall–Kier alpha value is -2.07. The number of furan rings is 2. The van der Waals surface area contributed by atoms with Gasteiger partial charge < -0.3 is 14.6 Å². The molecule has 0 aliphatic carbocycles. The summed E-state index contributed by atoms with van der Waals surface area (Å²) >= 11 is 0. The maximum Gasteiger partial charge on any atom is 0.170 e. The van der Waals surface area contributed by atoms with Crippen LogP contribution in [0.4, 0.5) is 4.39 Å². The van der Waals surface area contributed by atoms with Crippen LogP contribution in [0.2, 0.25) is 0 Å². The third-order valence-electron chi connectivity index (χ3n) is 2.58. The molecule has 4 heteroatoms. The van der Waals surface area contributed by atoms with Crippen molar-refractivity contribution in [2.75, 3.05) is 0 Å². The molecule has 0 bridgehead atoms. The zero-order valence-electron chi connectivity index (χ0n) is 8.94. The second-order valence-corrected chi connectivity index (χ2v) is 3.76. The Bertz CT molecular complexity index is 669. The van der Waals surface area contributed by atoms with Gasteiger partial charge in [0.05, 0.1) is 6.54 Å². The highest BCUT2D eigenvalue weighted by molar-refractivity contribution is 5.81. The van der Waals surface area contributed by atoms with E-state index in [0.717, 1.165) is 0 Å². The van der Waals surface area contributed by atoms with Crippen molar-refractivity contribution in [3.05, 3.63) is 48.0 Å². The van der Waals surface area contributed by atoms with Crippen LogP contribution in [0, 0.1) is 5.82 Å². The van der Waals surface area contributed by atoms with Gasteiger partial charge in [0.2, 0.25) is 0 Å². The van der Waals surface area contributed by atoms with E-state index in [4.69, 9.17) is 14.6 Å². The molecule has 17 heavy (non-hydrogen) atoms. The van der Waals surface area contributed by atoms with E-state index in [0.29, 0.717) is 34.8 Å². The van der Waals surface area contributed by atoms with Crippen molar-refractivity contribution < 1.29 is 13.2 Å². The van der Waals surface area contributed by atoms with Crippen molar-refractivity contribution >= 4 is 11.0 Å². The van der Waals surface area contributed by atoms with Gasteiger partial charge in [0.1, 0.15) is 17.2 Å². The molecule has 0 amide bonds. The Morgan fingerprint density at radius 1 is 1.00 bits per heavy atom. The van der Waals surface area contributed by atoms with Crippen LogP contribution in [-0.4, -0.2) is 0 Å². The first kappa shape index (κ1) is 10.1. The number of rotatable bonds is 2. The van der Waals surface area contributed by atoms with Gasteiger partial charge in [-0.15, -0.1) is 0 Å². The number of halogens is 1. The molecule has 0 saturated heterocycles. The zero-order chi connectivity index (χ0) is 11.8. The summed E-state index contributed by atoms with van der Waals surface area (Å²) < 4.78 is 24.1. The van der Waals surface area contributed by atoms with Crippen LogP contribution in [0.3, 0.4) is 0 Å². The van der Waals surface area contributed by atoms with Crippen molar-refractivity contribution in [1.29, 1.82) is 0 Å². The molecule has 0 aliphatic rings. The lowest BCUT2D eigenvalue weighted by molar-refractivity contribution is 0.503. The second kappa shape index (κ2) is 3.75. The summed E-state index contributed by atoms with van der Waals surface area (Å²) in [4.78, 5) is 0. The van der Waals surface area contributed by atoms with Gasteiger partial charge in [0, 0.05) is 5.39 Å². The lowest BCUT2D eigenvalue weighted by Crippen LogP contribution is -1.92. The summed E-state index contributed by atoms with van der Waals surface area (Å²) in [6.07, 6.45) is 0. The largest absolute Gasteiger partial charge is 0.456 e. The maximum absolute atomic E-state index is 13.0. The van der Waals surface area contributed by atoms with Crippen LogP contribution in [-0.2, 0) is 6.54 Å². The van der Waals surface area contributed by atoms with E-state index in [2.05, 4.69) is 0 Å². The standard InChI is InChI=1S/C13H10FNO2/c14-9-1-3-11-8(5-9)6-13(17-11)12-4-2-10(7-15)16-12/h1-6H,7,15H2. The lowest BCUT2D eigenvalue weighted by atomic mass is 10.2. The van der Waals surface area contributed by atoms with Crippen LogP contribution in [0.25, 0.3) is 22.5 Å². The Balaban J connectivity index is 2.11. The van der Waals surface area contributed by atoms with Crippen LogP contribution in [0.15, 0.2) is 45.2 Å². The normalized spacial score (nSPS) is 11.2. The van der Waals surface area contributed by atoms with Crippen molar-refractivity contribution in [3.8, 4) is 11.5 Å². The first-order valence-corrected chi connectivity index (χ1v) is 5.24. The van der Waals surface area contributed by atoms with Crippen LogP contribution in [0.1, 0.15) is 5.76 Å². The predicted octanol–water partition coefficient (Wildman–Crippen LogP) is 3.29. The Morgan fingerprint density at radius 3 is 2.65 bits per heavy atom. The molecule has 3 nitrogen and oxygen atoms in total. The van der Waals surface area contributed by atoms with Gasteiger partial charge in [-0.2, -0.15) is 0 Å². The minimum atomic E-state index is -0.285. The molecule has 2 N–H and O–H groups in total. The summed E-state index contributed by atoms with van der Waals surface area (Å²) in [7, 11) is 0. The quantitative estimate of drug-likeness (QED) is 0.736. The van der Waals surface area contributed by atoms with Crippen LogP contribution < -0.4 is 5.73 Å². The second-order valence-electron chi connectivity index (χ2n) is 3.76. The highest BCUT2D eigenvalue weighted by Crippen LogP contribution is 2.29. The fourth-order valence-corrected chi connectivity index (χ4v) is 1.76. The van der Waals surface area contributed by atoms with Crippen molar-refractivity contribution in [2.45, 2.75) is 6.54 Å². The van der Waals surface area contributed by atoms with E-state index in [1.165, 1.54) is 12.1 Å². The molecule has 0 spiro atoms. The van der Waals surface area contributed by atoms with E-state index in [1.54, 1.807) is 24.3 Å². The minimum Gasteiger partial charge on any atom is -0.456 e. The van der Waals surface area contributed by atoms with Crippen molar-refractivity contribution in [3.63, 3.8) is 0 Å². The number of hydrogen-bond donors (Lipinski definition) is 1. The molecule has 0 unspecified atom stereocenters. The van der Waals surface area contributed by atoms with Gasteiger partial charge in [-0.3, -0.25) is 0 Å². The lowest BCUT2D eigenvalue weighted by Gasteiger charge is -1.90. The van der Waals surface area contributed by atoms with Gasteiger partial charge in [0.15, 0.2) is 11.5 Å². The Kier molecular flexibility index (Phi) is 2.23. The van der Waals surface area contributed by atoms with Crippen LogP contribution >= 0.6 is 0 Å². The molecule has 3 rings (SSSR count). The van der Waals surface area contributed by atoms with Gasteiger partial charge >= 0.3 is 0 Å². The SMILES string of the molecule is NCc1ccc(-c2cc3cc(F)ccc3o2)o1. The molecule has 0 atom stereocenters. The third-order valence-corrected chi connectivity index (χ3v) is 2.58.